The van der Waals surface area contributed by atoms with E-state index in [1.807, 2.05) is 18.2 Å². The van der Waals surface area contributed by atoms with Crippen LogP contribution in [0.4, 0.5) is 0 Å². The standard InChI is InChI=1S/C13H13Cl2NOS/c14-11-1-2-12(15)13(7-11)18-6-4-16-8-10-3-5-17-9-10/h1-3,5,7,9,16H,4,6,8H2. The van der Waals surface area contributed by atoms with Crippen LogP contribution in [-0.2, 0) is 6.54 Å². The fourth-order valence-corrected chi connectivity index (χ4v) is 2.85. The molecule has 0 saturated heterocycles. The summed E-state index contributed by atoms with van der Waals surface area (Å²) in [6, 6.07) is 7.47. The number of rotatable bonds is 6. The molecule has 1 N–H and O–H groups in total. The van der Waals surface area contributed by atoms with Crippen LogP contribution < -0.4 is 5.32 Å². The van der Waals surface area contributed by atoms with Gasteiger partial charge in [0.05, 0.1) is 17.5 Å². The average Bonchev–Trinajstić information content (AvgIpc) is 2.86. The average molecular weight is 302 g/mol. The van der Waals surface area contributed by atoms with Crippen LogP contribution in [0.1, 0.15) is 5.56 Å². The minimum Gasteiger partial charge on any atom is -0.472 e. The van der Waals surface area contributed by atoms with Gasteiger partial charge < -0.3 is 9.73 Å². The van der Waals surface area contributed by atoms with Crippen LogP contribution in [0.15, 0.2) is 46.1 Å². The van der Waals surface area contributed by atoms with Gasteiger partial charge in [-0.15, -0.1) is 11.8 Å². The zero-order valence-corrected chi connectivity index (χ0v) is 12.0. The molecule has 18 heavy (non-hydrogen) atoms. The largest absolute Gasteiger partial charge is 0.472 e. The molecule has 1 heterocycles. The molecule has 1 aromatic heterocycles. The number of hydrogen-bond acceptors (Lipinski definition) is 3. The van der Waals surface area contributed by atoms with Crippen LogP contribution in [0.2, 0.25) is 10.0 Å². The van der Waals surface area contributed by atoms with Crippen molar-refractivity contribution in [2.75, 3.05) is 12.3 Å². The van der Waals surface area contributed by atoms with Crippen molar-refractivity contribution in [3.63, 3.8) is 0 Å². The Kier molecular flexibility index (Phi) is 5.45. The third kappa shape index (κ3) is 4.25. The summed E-state index contributed by atoms with van der Waals surface area (Å²) in [7, 11) is 0. The normalized spacial score (nSPS) is 10.8. The Hall–Kier alpha value is -0.610. The molecule has 0 unspecified atom stereocenters. The van der Waals surface area contributed by atoms with E-state index in [1.54, 1.807) is 30.4 Å². The first-order valence-corrected chi connectivity index (χ1v) is 7.29. The topological polar surface area (TPSA) is 25.2 Å². The molecule has 1 aromatic carbocycles. The summed E-state index contributed by atoms with van der Waals surface area (Å²) in [6.07, 6.45) is 3.42. The van der Waals surface area contributed by atoms with Gasteiger partial charge in [-0.05, 0) is 24.3 Å². The van der Waals surface area contributed by atoms with E-state index in [4.69, 9.17) is 27.6 Å². The summed E-state index contributed by atoms with van der Waals surface area (Å²) < 4.78 is 4.99. The molecule has 0 saturated carbocycles. The molecule has 0 bridgehead atoms. The van der Waals surface area contributed by atoms with Crippen molar-refractivity contribution in [1.82, 2.24) is 5.32 Å². The van der Waals surface area contributed by atoms with Crippen molar-refractivity contribution in [2.24, 2.45) is 0 Å². The van der Waals surface area contributed by atoms with Gasteiger partial charge in [0.1, 0.15) is 0 Å². The predicted molar refractivity (Wildman–Crippen MR) is 77.6 cm³/mol. The van der Waals surface area contributed by atoms with Crippen molar-refractivity contribution in [3.05, 3.63) is 52.4 Å². The molecule has 5 heteroatoms. The Labute approximate surface area is 121 Å². The minimum absolute atomic E-state index is 0.716. The van der Waals surface area contributed by atoms with E-state index in [0.29, 0.717) is 5.02 Å². The molecular weight excluding hydrogens is 289 g/mol. The van der Waals surface area contributed by atoms with Gasteiger partial charge >= 0.3 is 0 Å². The van der Waals surface area contributed by atoms with Crippen LogP contribution in [0, 0.1) is 0 Å². The monoisotopic (exact) mass is 301 g/mol. The maximum atomic E-state index is 6.08. The molecule has 0 fully saturated rings. The van der Waals surface area contributed by atoms with E-state index in [9.17, 15) is 0 Å². The summed E-state index contributed by atoms with van der Waals surface area (Å²) in [5.74, 6) is 0.942. The Bertz CT molecular complexity index is 488. The molecule has 0 spiro atoms. The molecular formula is C13H13Cl2NOS. The Morgan fingerprint density at radius 3 is 2.89 bits per heavy atom. The fourth-order valence-electron chi connectivity index (χ4n) is 1.45. The number of furan rings is 1. The lowest BCUT2D eigenvalue weighted by Gasteiger charge is -2.05. The van der Waals surface area contributed by atoms with E-state index in [-0.39, 0.29) is 0 Å². The first-order valence-electron chi connectivity index (χ1n) is 5.55. The Morgan fingerprint density at radius 2 is 2.11 bits per heavy atom. The van der Waals surface area contributed by atoms with Crippen molar-refractivity contribution in [1.29, 1.82) is 0 Å². The van der Waals surface area contributed by atoms with E-state index in [2.05, 4.69) is 5.32 Å². The Morgan fingerprint density at radius 1 is 1.22 bits per heavy atom. The second kappa shape index (κ2) is 7.10. The lowest BCUT2D eigenvalue weighted by Crippen LogP contribution is -2.15. The second-order valence-electron chi connectivity index (χ2n) is 3.73. The van der Waals surface area contributed by atoms with E-state index >= 15 is 0 Å². The maximum absolute atomic E-state index is 6.08. The SMILES string of the molecule is Clc1ccc(Cl)c(SCCNCc2ccoc2)c1. The van der Waals surface area contributed by atoms with Crippen LogP contribution in [0.5, 0.6) is 0 Å². The van der Waals surface area contributed by atoms with Crippen molar-refractivity contribution in [2.45, 2.75) is 11.4 Å². The highest BCUT2D eigenvalue weighted by molar-refractivity contribution is 7.99. The molecule has 2 rings (SSSR count). The number of benzene rings is 1. The minimum atomic E-state index is 0.716. The smallest absolute Gasteiger partial charge is 0.0947 e. The third-order valence-corrected chi connectivity index (χ3v) is 4.07. The molecule has 0 atom stereocenters. The van der Waals surface area contributed by atoms with Gasteiger partial charge in [-0.2, -0.15) is 0 Å². The van der Waals surface area contributed by atoms with E-state index in [0.717, 1.165) is 34.3 Å². The zero-order valence-electron chi connectivity index (χ0n) is 9.66. The number of halogens is 2. The van der Waals surface area contributed by atoms with Gasteiger partial charge in [-0.25, -0.2) is 0 Å². The van der Waals surface area contributed by atoms with Crippen LogP contribution in [-0.4, -0.2) is 12.3 Å². The predicted octanol–water partition coefficient (Wildman–Crippen LogP) is 4.47. The van der Waals surface area contributed by atoms with E-state index < -0.39 is 0 Å². The third-order valence-electron chi connectivity index (χ3n) is 2.34. The summed E-state index contributed by atoms with van der Waals surface area (Å²) >= 11 is 13.7. The highest BCUT2D eigenvalue weighted by Crippen LogP contribution is 2.29. The quantitative estimate of drug-likeness (QED) is 0.629. The van der Waals surface area contributed by atoms with E-state index in [1.165, 1.54) is 0 Å². The maximum Gasteiger partial charge on any atom is 0.0947 e. The lowest BCUT2D eigenvalue weighted by atomic mass is 10.3. The number of thioether (sulfide) groups is 1. The van der Waals surface area contributed by atoms with Crippen molar-refractivity contribution in [3.8, 4) is 0 Å². The van der Waals surface area contributed by atoms with Crippen LogP contribution >= 0.6 is 35.0 Å². The highest BCUT2D eigenvalue weighted by Gasteiger charge is 2.02. The molecule has 0 aliphatic rings. The van der Waals surface area contributed by atoms with Gasteiger partial charge in [-0.3, -0.25) is 0 Å². The van der Waals surface area contributed by atoms with Crippen molar-refractivity contribution < 1.29 is 4.42 Å². The summed E-state index contributed by atoms with van der Waals surface area (Å²) in [6.45, 7) is 1.72. The fraction of sp³-hybridized carbons (Fsp3) is 0.231. The van der Waals surface area contributed by atoms with Crippen LogP contribution in [0.3, 0.4) is 0 Å². The first kappa shape index (κ1) is 13.8. The molecule has 0 amide bonds. The number of hydrogen-bond donors (Lipinski definition) is 1. The lowest BCUT2D eigenvalue weighted by molar-refractivity contribution is 0.561. The van der Waals surface area contributed by atoms with Crippen molar-refractivity contribution >= 4 is 35.0 Å². The molecule has 0 aliphatic carbocycles. The highest BCUT2D eigenvalue weighted by atomic mass is 35.5. The molecule has 96 valence electrons. The molecule has 0 radical (unpaired) electrons. The summed E-state index contributed by atoms with van der Waals surface area (Å²) in [5.41, 5.74) is 1.15. The molecule has 2 nitrogen and oxygen atoms in total. The summed E-state index contributed by atoms with van der Waals surface area (Å²) in [4.78, 5) is 1.02. The summed E-state index contributed by atoms with van der Waals surface area (Å²) in [5, 5.41) is 4.80. The van der Waals surface area contributed by atoms with Crippen LogP contribution in [0.25, 0.3) is 0 Å². The molecule has 0 aliphatic heterocycles. The van der Waals surface area contributed by atoms with Gasteiger partial charge in [-0.1, -0.05) is 23.2 Å². The van der Waals surface area contributed by atoms with Gasteiger partial charge in [0.25, 0.3) is 0 Å². The molecule has 2 aromatic rings. The van der Waals surface area contributed by atoms with Gasteiger partial charge in [0.2, 0.25) is 0 Å². The zero-order chi connectivity index (χ0) is 12.8. The Balaban J connectivity index is 1.70. The second-order valence-corrected chi connectivity index (χ2v) is 5.71. The van der Waals surface area contributed by atoms with Gasteiger partial charge in [0.15, 0.2) is 0 Å². The number of nitrogens with one attached hydrogen (secondary N) is 1. The van der Waals surface area contributed by atoms with Gasteiger partial charge in [0, 0.05) is 34.3 Å². The first-order chi connectivity index (χ1) is 8.75.